The van der Waals surface area contributed by atoms with Crippen LogP contribution in [0.5, 0.6) is 5.75 Å². The molecule has 6 rings (SSSR count). The van der Waals surface area contributed by atoms with Gasteiger partial charge in [-0.05, 0) is 73.4 Å². The fraction of sp³-hybridized carbons (Fsp3) is 0.258. The zero-order valence-electron chi connectivity index (χ0n) is 21.1. The van der Waals surface area contributed by atoms with E-state index in [-0.39, 0.29) is 17.7 Å². The number of benzene rings is 2. The van der Waals surface area contributed by atoms with Crippen LogP contribution in [0.4, 0.5) is 0 Å². The second-order valence-corrected chi connectivity index (χ2v) is 9.96. The minimum atomic E-state index is -0.328. The number of amides is 1. The highest BCUT2D eigenvalue weighted by atomic mass is 16.3. The number of fused-ring (bicyclic) bond motifs is 1. The molecule has 7 nitrogen and oxygen atoms in total. The number of imidazole rings is 1. The number of furan rings is 1. The third kappa shape index (κ3) is 4.92. The van der Waals surface area contributed by atoms with E-state index in [9.17, 15) is 9.90 Å². The van der Waals surface area contributed by atoms with Crippen LogP contribution in [0.2, 0.25) is 0 Å². The summed E-state index contributed by atoms with van der Waals surface area (Å²) < 4.78 is 7.71. The van der Waals surface area contributed by atoms with Crippen molar-refractivity contribution in [1.29, 1.82) is 0 Å². The van der Waals surface area contributed by atoms with Crippen LogP contribution in [0.3, 0.4) is 0 Å². The number of phenolic OH excluding ortho intramolecular Hbond substituents is 1. The van der Waals surface area contributed by atoms with E-state index in [2.05, 4.69) is 14.9 Å². The fourth-order valence-electron chi connectivity index (χ4n) is 5.47. The van der Waals surface area contributed by atoms with Gasteiger partial charge in [-0.1, -0.05) is 37.5 Å². The monoisotopic (exact) mass is 506 g/mol. The van der Waals surface area contributed by atoms with Gasteiger partial charge in [-0.2, -0.15) is 0 Å². The number of nitrogens with zero attached hydrogens (tertiary/aromatic N) is 3. The van der Waals surface area contributed by atoms with Crippen molar-refractivity contribution in [2.45, 2.75) is 50.6 Å². The zero-order chi connectivity index (χ0) is 25.9. The van der Waals surface area contributed by atoms with Crippen LogP contribution in [-0.2, 0) is 6.42 Å². The predicted molar refractivity (Wildman–Crippen MR) is 146 cm³/mol. The number of phenols is 1. The van der Waals surface area contributed by atoms with Crippen LogP contribution in [0.15, 0.2) is 89.9 Å². The maximum absolute atomic E-state index is 13.5. The Bertz CT molecular complexity index is 1520. The molecule has 38 heavy (non-hydrogen) atoms. The molecule has 0 aliphatic heterocycles. The first-order valence-corrected chi connectivity index (χ1v) is 13.2. The van der Waals surface area contributed by atoms with Gasteiger partial charge in [0.1, 0.15) is 17.8 Å². The molecule has 0 radical (unpaired) electrons. The highest BCUT2D eigenvalue weighted by molar-refractivity contribution is 5.98. The molecule has 1 saturated carbocycles. The van der Waals surface area contributed by atoms with Crippen molar-refractivity contribution in [2.75, 3.05) is 0 Å². The molecule has 2 aromatic carbocycles. The number of nitrogens with one attached hydrogen (secondary N) is 1. The van der Waals surface area contributed by atoms with Crippen molar-refractivity contribution in [3.63, 3.8) is 0 Å². The summed E-state index contributed by atoms with van der Waals surface area (Å²) in [6.07, 6.45) is 11.6. The summed E-state index contributed by atoms with van der Waals surface area (Å²) in [5.74, 6) is 0.915. The van der Waals surface area contributed by atoms with Gasteiger partial charge in [-0.25, -0.2) is 4.98 Å². The largest absolute Gasteiger partial charge is 0.508 e. The first-order valence-electron chi connectivity index (χ1n) is 13.2. The third-order valence-corrected chi connectivity index (χ3v) is 7.40. The molecule has 1 aliphatic rings. The van der Waals surface area contributed by atoms with Gasteiger partial charge in [0.2, 0.25) is 0 Å². The predicted octanol–water partition coefficient (Wildman–Crippen LogP) is 6.62. The van der Waals surface area contributed by atoms with Crippen LogP contribution >= 0.6 is 0 Å². The number of hydrogen-bond donors (Lipinski definition) is 2. The van der Waals surface area contributed by atoms with Crippen molar-refractivity contribution in [3.05, 3.63) is 102 Å². The smallest absolute Gasteiger partial charge is 0.251 e. The molecule has 1 fully saturated rings. The van der Waals surface area contributed by atoms with E-state index < -0.39 is 0 Å². The quantitative estimate of drug-likeness (QED) is 0.259. The average molecular weight is 507 g/mol. The van der Waals surface area contributed by atoms with E-state index in [4.69, 9.17) is 9.40 Å². The summed E-state index contributed by atoms with van der Waals surface area (Å²) in [5, 5.41) is 12.8. The van der Waals surface area contributed by atoms with Crippen molar-refractivity contribution >= 4 is 16.9 Å². The maximum atomic E-state index is 13.5. The van der Waals surface area contributed by atoms with E-state index in [1.807, 2.05) is 54.6 Å². The molecule has 3 aromatic heterocycles. The van der Waals surface area contributed by atoms with E-state index in [0.29, 0.717) is 18.0 Å². The zero-order valence-corrected chi connectivity index (χ0v) is 21.1. The van der Waals surface area contributed by atoms with Crippen molar-refractivity contribution in [3.8, 4) is 17.1 Å². The standard InChI is InChI=1S/C31H30N4O3/c36-25-12-9-21(10-13-25)18-27(26-8-4-5-16-32-26)34-31(37)22-11-14-29-28(19-22)33-30(23-15-17-38-20-23)35(29)24-6-2-1-3-7-24/h4-5,8-17,19-20,24,27,36H,1-3,6-7,18H2,(H,34,37). The van der Waals surface area contributed by atoms with Gasteiger partial charge in [0, 0.05) is 17.8 Å². The van der Waals surface area contributed by atoms with Gasteiger partial charge in [0.15, 0.2) is 0 Å². The lowest BCUT2D eigenvalue weighted by Crippen LogP contribution is -2.30. The van der Waals surface area contributed by atoms with Gasteiger partial charge in [0.25, 0.3) is 5.91 Å². The number of carbonyl (C=O) groups excluding carboxylic acids is 1. The molecule has 1 unspecified atom stereocenters. The fourth-order valence-corrected chi connectivity index (χ4v) is 5.47. The summed E-state index contributed by atoms with van der Waals surface area (Å²) in [4.78, 5) is 23.0. The molecule has 7 heteroatoms. The van der Waals surface area contributed by atoms with E-state index >= 15 is 0 Å². The Labute approximate surface area is 221 Å². The van der Waals surface area contributed by atoms with E-state index in [1.165, 1.54) is 19.3 Å². The van der Waals surface area contributed by atoms with Crippen LogP contribution in [0, 0.1) is 0 Å². The first kappa shape index (κ1) is 24.0. The van der Waals surface area contributed by atoms with Gasteiger partial charge in [-0.3, -0.25) is 9.78 Å². The Balaban J connectivity index is 1.32. The van der Waals surface area contributed by atoms with Gasteiger partial charge < -0.3 is 19.4 Å². The Morgan fingerprint density at radius 2 is 1.89 bits per heavy atom. The lowest BCUT2D eigenvalue weighted by atomic mass is 9.95. The number of aromatic hydroxyl groups is 1. The molecule has 192 valence electrons. The van der Waals surface area contributed by atoms with Crippen molar-refractivity contribution in [2.24, 2.45) is 0 Å². The minimum absolute atomic E-state index is 0.182. The summed E-state index contributed by atoms with van der Waals surface area (Å²) in [7, 11) is 0. The Morgan fingerprint density at radius 1 is 1.05 bits per heavy atom. The van der Waals surface area contributed by atoms with Crippen LogP contribution in [-0.4, -0.2) is 25.5 Å². The SMILES string of the molecule is O=C(NC(Cc1ccc(O)cc1)c1ccccn1)c1ccc2c(c1)nc(-c1ccoc1)n2C1CCCCC1. The molecule has 0 saturated heterocycles. The number of aromatic nitrogens is 3. The van der Waals surface area contributed by atoms with Crippen LogP contribution < -0.4 is 5.32 Å². The van der Waals surface area contributed by atoms with E-state index in [0.717, 1.165) is 46.5 Å². The topological polar surface area (TPSA) is 93.2 Å². The Kier molecular flexibility index (Phi) is 6.65. The average Bonchev–Trinajstić information content (AvgIpc) is 3.62. The molecule has 3 heterocycles. The van der Waals surface area contributed by atoms with Crippen LogP contribution in [0.25, 0.3) is 22.4 Å². The first-order chi connectivity index (χ1) is 18.7. The molecular formula is C31H30N4O3. The summed E-state index contributed by atoms with van der Waals surface area (Å²) in [6.45, 7) is 0. The number of pyridine rings is 1. The van der Waals surface area contributed by atoms with Gasteiger partial charge in [-0.15, -0.1) is 0 Å². The Hall–Kier alpha value is -4.39. The molecule has 0 spiro atoms. The maximum Gasteiger partial charge on any atom is 0.251 e. The molecule has 1 atom stereocenters. The van der Waals surface area contributed by atoms with Gasteiger partial charge in [0.05, 0.1) is 34.6 Å². The summed E-state index contributed by atoms with van der Waals surface area (Å²) >= 11 is 0. The molecule has 1 aliphatic carbocycles. The number of hydrogen-bond acceptors (Lipinski definition) is 5. The summed E-state index contributed by atoms with van der Waals surface area (Å²) in [6, 6.07) is 20.5. The minimum Gasteiger partial charge on any atom is -0.508 e. The highest BCUT2D eigenvalue weighted by Gasteiger charge is 2.24. The molecular weight excluding hydrogens is 476 g/mol. The molecule has 1 amide bonds. The second kappa shape index (κ2) is 10.5. The molecule has 5 aromatic rings. The van der Waals surface area contributed by atoms with E-state index in [1.54, 1.807) is 30.9 Å². The molecule has 0 bridgehead atoms. The lowest BCUT2D eigenvalue weighted by Gasteiger charge is -2.25. The van der Waals surface area contributed by atoms with Gasteiger partial charge >= 0.3 is 0 Å². The van der Waals surface area contributed by atoms with Crippen LogP contribution in [0.1, 0.15) is 65.8 Å². The normalized spacial score (nSPS) is 14.9. The molecule has 2 N–H and O–H groups in total. The summed E-state index contributed by atoms with van der Waals surface area (Å²) in [5.41, 5.74) is 5.10. The van der Waals surface area contributed by atoms with Crippen molar-refractivity contribution in [1.82, 2.24) is 19.9 Å². The number of carbonyl (C=O) groups is 1. The Morgan fingerprint density at radius 3 is 2.63 bits per heavy atom. The highest BCUT2D eigenvalue weighted by Crippen LogP contribution is 2.36. The second-order valence-electron chi connectivity index (χ2n) is 9.96. The third-order valence-electron chi connectivity index (χ3n) is 7.40. The van der Waals surface area contributed by atoms with Crippen molar-refractivity contribution < 1.29 is 14.3 Å². The number of rotatable bonds is 7. The lowest BCUT2D eigenvalue weighted by molar-refractivity contribution is 0.0935.